The molecule has 2 fully saturated rings. The fraction of sp³-hybridized carbons (Fsp3) is 0.929. The van der Waals surface area contributed by atoms with Crippen molar-refractivity contribution in [1.82, 2.24) is 4.72 Å². The van der Waals surface area contributed by atoms with E-state index >= 15 is 0 Å². The Bertz CT molecular complexity index is 501. The summed E-state index contributed by atoms with van der Waals surface area (Å²) < 4.78 is 27.4. The second kappa shape index (κ2) is 4.04. The van der Waals surface area contributed by atoms with Crippen LogP contribution in [-0.4, -0.2) is 25.5 Å². The zero-order valence-electron chi connectivity index (χ0n) is 12.5. The molecule has 0 aliphatic heterocycles. The minimum Gasteiger partial charge on any atom is -0.299 e. The van der Waals surface area contributed by atoms with Crippen molar-refractivity contribution in [2.24, 2.45) is 16.7 Å². The number of Topliss-reactive ketones (excluding diaryl/α,β-unsaturated/α-hetero) is 1. The summed E-state index contributed by atoms with van der Waals surface area (Å²) in [5.74, 6) is 0.442. The van der Waals surface area contributed by atoms with Gasteiger partial charge in [-0.2, -0.15) is 0 Å². The number of carbonyl (C=O) groups is 1. The smallest absolute Gasteiger partial charge is 0.213 e. The van der Waals surface area contributed by atoms with E-state index in [1.807, 2.05) is 20.8 Å². The molecule has 0 aromatic rings. The minimum absolute atomic E-state index is 0.0559. The number of sulfonamides is 1. The molecule has 5 heteroatoms. The maximum absolute atomic E-state index is 12.4. The first-order valence-corrected chi connectivity index (χ1v) is 8.60. The van der Waals surface area contributed by atoms with Gasteiger partial charge >= 0.3 is 0 Å². The molecule has 19 heavy (non-hydrogen) atoms. The van der Waals surface area contributed by atoms with Gasteiger partial charge in [0.05, 0.1) is 5.75 Å². The molecule has 0 saturated heterocycles. The molecule has 0 unspecified atom stereocenters. The lowest BCUT2D eigenvalue weighted by Crippen LogP contribution is -2.49. The predicted molar refractivity (Wildman–Crippen MR) is 75.2 cm³/mol. The van der Waals surface area contributed by atoms with Crippen LogP contribution < -0.4 is 4.72 Å². The normalized spacial score (nSPS) is 33.9. The van der Waals surface area contributed by atoms with Gasteiger partial charge in [-0.15, -0.1) is 0 Å². The largest absolute Gasteiger partial charge is 0.299 e. The van der Waals surface area contributed by atoms with Crippen LogP contribution >= 0.6 is 0 Å². The molecule has 2 aliphatic rings. The Balaban J connectivity index is 2.30. The van der Waals surface area contributed by atoms with Crippen molar-refractivity contribution in [3.05, 3.63) is 0 Å². The molecule has 2 saturated carbocycles. The number of ketones is 1. The molecule has 0 heterocycles. The molecule has 2 rings (SSSR count). The number of nitrogens with one attached hydrogen (secondary N) is 1. The summed E-state index contributed by atoms with van der Waals surface area (Å²) in [5, 5.41) is 0. The first-order chi connectivity index (χ1) is 8.40. The summed E-state index contributed by atoms with van der Waals surface area (Å²) in [6.45, 7) is 9.58. The van der Waals surface area contributed by atoms with Gasteiger partial charge in [0.25, 0.3) is 0 Å². The summed E-state index contributed by atoms with van der Waals surface area (Å²) in [5.41, 5.74) is -1.37. The highest BCUT2D eigenvalue weighted by Gasteiger charge is 2.65. The molecule has 0 amide bonds. The highest BCUT2D eigenvalue weighted by molar-refractivity contribution is 7.89. The SMILES string of the molecule is CC(C)(C)NS(=O)(=O)C[C@]12CC[C@@H](CC1=O)C2(C)C. The zero-order valence-corrected chi connectivity index (χ0v) is 13.4. The van der Waals surface area contributed by atoms with Crippen LogP contribution in [0, 0.1) is 16.7 Å². The third kappa shape index (κ3) is 2.35. The Morgan fingerprint density at radius 2 is 1.89 bits per heavy atom. The summed E-state index contributed by atoms with van der Waals surface area (Å²) in [6, 6.07) is 0. The summed E-state index contributed by atoms with van der Waals surface area (Å²) >= 11 is 0. The van der Waals surface area contributed by atoms with Gasteiger partial charge in [0.2, 0.25) is 10.0 Å². The molecule has 1 N–H and O–H groups in total. The monoisotopic (exact) mass is 287 g/mol. The van der Waals surface area contributed by atoms with Crippen LogP contribution in [0.25, 0.3) is 0 Å². The molecular weight excluding hydrogens is 262 g/mol. The molecule has 4 nitrogen and oxygen atoms in total. The number of fused-ring (bicyclic) bond motifs is 2. The molecule has 2 aliphatic carbocycles. The summed E-state index contributed by atoms with van der Waals surface area (Å²) in [7, 11) is -3.44. The third-order valence-electron chi connectivity index (χ3n) is 5.04. The van der Waals surface area contributed by atoms with Crippen molar-refractivity contribution in [2.45, 2.75) is 59.4 Å². The third-order valence-corrected chi connectivity index (χ3v) is 6.83. The number of carbonyl (C=O) groups excluding carboxylic acids is 1. The molecular formula is C14H25NO3S. The lowest BCUT2D eigenvalue weighted by Gasteiger charge is -2.37. The number of rotatable bonds is 3. The molecule has 0 spiro atoms. The van der Waals surface area contributed by atoms with Gasteiger partial charge < -0.3 is 0 Å². The van der Waals surface area contributed by atoms with Crippen LogP contribution in [0.1, 0.15) is 53.9 Å². The van der Waals surface area contributed by atoms with Crippen LogP contribution in [0.5, 0.6) is 0 Å². The minimum atomic E-state index is -3.44. The van der Waals surface area contributed by atoms with E-state index in [1.165, 1.54) is 0 Å². The van der Waals surface area contributed by atoms with Gasteiger partial charge in [0, 0.05) is 17.4 Å². The Morgan fingerprint density at radius 1 is 1.32 bits per heavy atom. The zero-order chi connectivity index (χ0) is 14.7. The number of hydrogen-bond acceptors (Lipinski definition) is 3. The van der Waals surface area contributed by atoms with Gasteiger partial charge in [-0.05, 0) is 44.9 Å². The average molecular weight is 287 g/mol. The first kappa shape index (κ1) is 15.0. The lowest BCUT2D eigenvalue weighted by molar-refractivity contribution is -0.128. The van der Waals surface area contributed by atoms with E-state index in [0.717, 1.165) is 6.42 Å². The van der Waals surface area contributed by atoms with Crippen LogP contribution in [-0.2, 0) is 14.8 Å². The maximum atomic E-state index is 12.4. The molecule has 110 valence electrons. The molecule has 2 atom stereocenters. The van der Waals surface area contributed by atoms with Gasteiger partial charge in [0.1, 0.15) is 5.78 Å². The highest BCUT2D eigenvalue weighted by atomic mass is 32.2. The van der Waals surface area contributed by atoms with E-state index in [2.05, 4.69) is 18.6 Å². The van der Waals surface area contributed by atoms with Crippen molar-refractivity contribution in [3.8, 4) is 0 Å². The van der Waals surface area contributed by atoms with Crippen molar-refractivity contribution in [2.75, 3.05) is 5.75 Å². The molecule has 2 bridgehead atoms. The van der Waals surface area contributed by atoms with Crippen molar-refractivity contribution in [3.63, 3.8) is 0 Å². The quantitative estimate of drug-likeness (QED) is 0.864. The van der Waals surface area contributed by atoms with Crippen LogP contribution in [0.2, 0.25) is 0 Å². The Labute approximate surface area is 116 Å². The number of hydrogen-bond donors (Lipinski definition) is 1. The molecule has 0 aromatic carbocycles. The second-order valence-electron chi connectivity index (χ2n) is 7.78. The van der Waals surface area contributed by atoms with Gasteiger partial charge in [-0.25, -0.2) is 13.1 Å². The topological polar surface area (TPSA) is 63.2 Å². The molecule has 0 radical (unpaired) electrons. The predicted octanol–water partition coefficient (Wildman–Crippen LogP) is 2.10. The van der Waals surface area contributed by atoms with Gasteiger partial charge in [0.15, 0.2) is 0 Å². The van der Waals surface area contributed by atoms with Crippen molar-refractivity contribution < 1.29 is 13.2 Å². The van der Waals surface area contributed by atoms with E-state index in [0.29, 0.717) is 18.8 Å². The average Bonchev–Trinajstić information content (AvgIpc) is 2.46. The maximum Gasteiger partial charge on any atom is 0.213 e. The van der Waals surface area contributed by atoms with E-state index in [9.17, 15) is 13.2 Å². The fourth-order valence-corrected chi connectivity index (χ4v) is 6.27. The van der Waals surface area contributed by atoms with Crippen molar-refractivity contribution >= 4 is 15.8 Å². The van der Waals surface area contributed by atoms with E-state index < -0.39 is 21.0 Å². The van der Waals surface area contributed by atoms with Crippen LogP contribution in [0.4, 0.5) is 0 Å². The van der Waals surface area contributed by atoms with Gasteiger partial charge in [-0.3, -0.25) is 4.79 Å². The Hall–Kier alpha value is -0.420. The molecule has 0 aromatic heterocycles. The van der Waals surface area contributed by atoms with E-state index in [-0.39, 0.29) is 17.0 Å². The van der Waals surface area contributed by atoms with E-state index in [4.69, 9.17) is 0 Å². The summed E-state index contributed by atoms with van der Waals surface area (Å²) in [6.07, 6.45) is 2.25. The standard InChI is InChI=1S/C14H25NO3S/c1-12(2,3)15-19(17,18)9-14-7-6-10(8-11(14)16)13(14,4)5/h10,15H,6-9H2,1-5H3/t10-,14+/m0/s1. The van der Waals surface area contributed by atoms with E-state index in [1.54, 1.807) is 0 Å². The van der Waals surface area contributed by atoms with Crippen LogP contribution in [0.3, 0.4) is 0 Å². The van der Waals surface area contributed by atoms with Crippen molar-refractivity contribution in [1.29, 1.82) is 0 Å². The van der Waals surface area contributed by atoms with Crippen LogP contribution in [0.15, 0.2) is 0 Å². The lowest BCUT2D eigenvalue weighted by atomic mass is 9.70. The van der Waals surface area contributed by atoms with Gasteiger partial charge in [-0.1, -0.05) is 13.8 Å². The highest BCUT2D eigenvalue weighted by Crippen LogP contribution is 2.64. The Morgan fingerprint density at radius 3 is 2.26 bits per heavy atom. The Kier molecular flexibility index (Phi) is 3.19. The summed E-state index contributed by atoms with van der Waals surface area (Å²) in [4.78, 5) is 12.3. The first-order valence-electron chi connectivity index (χ1n) is 6.95. The second-order valence-corrected chi connectivity index (χ2v) is 9.50. The fourth-order valence-electron chi connectivity index (χ4n) is 3.94.